The topological polar surface area (TPSA) is 87.7 Å². The molecule has 0 aromatic carbocycles. The molecule has 1 heterocycles. The van der Waals surface area contributed by atoms with Crippen LogP contribution in [0.1, 0.15) is 26.2 Å². The predicted octanol–water partition coefficient (Wildman–Crippen LogP) is 1.06. The van der Waals surface area contributed by atoms with Crippen molar-refractivity contribution in [2.24, 2.45) is 0 Å². The van der Waals surface area contributed by atoms with E-state index in [-0.39, 0.29) is 0 Å². The number of hydrogen-bond donors (Lipinski definition) is 3. The maximum Gasteiger partial charge on any atom is 0.329 e. The van der Waals surface area contributed by atoms with Crippen LogP contribution in [0, 0.1) is 0 Å². The first-order valence-corrected chi connectivity index (χ1v) is 7.71. The number of carboxylic acid groups (broad SMARTS) is 1. The Balaban J connectivity index is 2.33. The van der Waals surface area contributed by atoms with Crippen molar-refractivity contribution in [3.63, 3.8) is 0 Å². The summed E-state index contributed by atoms with van der Waals surface area (Å²) in [6, 6.07) is -0.411. The van der Waals surface area contributed by atoms with Crippen LogP contribution >= 0.6 is 11.8 Å². The molecule has 1 aliphatic rings. The van der Waals surface area contributed by atoms with Gasteiger partial charge in [0, 0.05) is 32.6 Å². The zero-order valence-corrected chi connectivity index (χ0v) is 12.1. The lowest BCUT2D eigenvalue weighted by molar-refractivity contribution is -0.148. The maximum absolute atomic E-state index is 11.7. The average molecular weight is 290 g/mol. The number of urea groups is 1. The van der Waals surface area contributed by atoms with E-state index in [1.54, 1.807) is 0 Å². The third-order valence-electron chi connectivity index (χ3n) is 3.06. The molecule has 6 nitrogen and oxygen atoms in total. The number of carboxylic acids is 1. The Hall–Kier alpha value is -0.950. The third-order valence-corrected chi connectivity index (χ3v) is 4.05. The average Bonchev–Trinajstić information content (AvgIpc) is 2.39. The highest BCUT2D eigenvalue weighted by Gasteiger charge is 2.41. The number of rotatable bonds is 7. The molecule has 0 aromatic heterocycles. The third kappa shape index (κ3) is 5.28. The van der Waals surface area contributed by atoms with Crippen LogP contribution in [0.15, 0.2) is 0 Å². The summed E-state index contributed by atoms with van der Waals surface area (Å²) < 4.78 is 5.14. The Morgan fingerprint density at radius 1 is 1.37 bits per heavy atom. The summed E-state index contributed by atoms with van der Waals surface area (Å²) in [4.78, 5) is 23.0. The molecule has 0 saturated carbocycles. The summed E-state index contributed by atoms with van der Waals surface area (Å²) in [5.41, 5.74) is -1.18. The minimum absolute atomic E-state index is 0.307. The van der Waals surface area contributed by atoms with Crippen LogP contribution in [-0.4, -0.2) is 53.9 Å². The van der Waals surface area contributed by atoms with Crippen LogP contribution in [0.3, 0.4) is 0 Å². The van der Waals surface area contributed by atoms with Gasteiger partial charge in [0.1, 0.15) is 5.54 Å². The van der Waals surface area contributed by atoms with E-state index in [1.807, 2.05) is 11.8 Å². The molecule has 0 bridgehead atoms. The zero-order chi connectivity index (χ0) is 14.1. The lowest BCUT2D eigenvalue weighted by Crippen LogP contribution is -2.59. The van der Waals surface area contributed by atoms with E-state index in [0.29, 0.717) is 32.6 Å². The Morgan fingerprint density at radius 2 is 2.05 bits per heavy atom. The van der Waals surface area contributed by atoms with Crippen molar-refractivity contribution in [2.75, 3.05) is 31.3 Å². The van der Waals surface area contributed by atoms with E-state index in [0.717, 1.165) is 17.9 Å². The molecule has 0 aliphatic carbocycles. The Morgan fingerprint density at radius 3 is 2.63 bits per heavy atom. The van der Waals surface area contributed by atoms with Gasteiger partial charge < -0.3 is 20.5 Å². The van der Waals surface area contributed by atoms with Crippen molar-refractivity contribution in [3.8, 4) is 0 Å². The van der Waals surface area contributed by atoms with Gasteiger partial charge in [0.2, 0.25) is 0 Å². The predicted molar refractivity (Wildman–Crippen MR) is 74.6 cm³/mol. The maximum atomic E-state index is 11.7. The van der Waals surface area contributed by atoms with Gasteiger partial charge >= 0.3 is 12.0 Å². The summed E-state index contributed by atoms with van der Waals surface area (Å²) >= 11 is 1.82. The zero-order valence-electron chi connectivity index (χ0n) is 11.2. The summed E-state index contributed by atoms with van der Waals surface area (Å²) in [7, 11) is 0. The normalized spacial score (nSPS) is 17.7. The van der Waals surface area contributed by atoms with Crippen molar-refractivity contribution in [1.82, 2.24) is 10.6 Å². The van der Waals surface area contributed by atoms with Crippen LogP contribution in [-0.2, 0) is 9.53 Å². The van der Waals surface area contributed by atoms with Crippen molar-refractivity contribution in [1.29, 1.82) is 0 Å². The molecule has 110 valence electrons. The van der Waals surface area contributed by atoms with Gasteiger partial charge in [-0.15, -0.1) is 0 Å². The second-order valence-electron chi connectivity index (χ2n) is 4.43. The first kappa shape index (κ1) is 16.1. The number of carbonyl (C=O) groups excluding carboxylic acids is 1. The molecule has 0 atom stereocenters. The first-order valence-electron chi connectivity index (χ1n) is 6.55. The number of nitrogens with one attached hydrogen (secondary N) is 2. The molecule has 1 saturated heterocycles. The Kier molecular flexibility index (Phi) is 7.01. The lowest BCUT2D eigenvalue weighted by atomic mass is 9.90. The standard InChI is InChI=1S/C12H22N2O4S/c1-2-19-9-3-6-13-11(17)14-12(10(15)16)4-7-18-8-5-12/h2-9H2,1H3,(H,15,16)(H2,13,14,17). The molecule has 0 spiro atoms. The highest BCUT2D eigenvalue weighted by Crippen LogP contribution is 2.20. The van der Waals surface area contributed by atoms with E-state index < -0.39 is 17.5 Å². The van der Waals surface area contributed by atoms with Crippen LogP contribution in [0.4, 0.5) is 4.79 Å². The van der Waals surface area contributed by atoms with E-state index in [2.05, 4.69) is 17.6 Å². The summed E-state index contributed by atoms with van der Waals surface area (Å²) in [5.74, 6) is 1.07. The second kappa shape index (κ2) is 8.27. The van der Waals surface area contributed by atoms with Crippen molar-refractivity contribution in [3.05, 3.63) is 0 Å². The van der Waals surface area contributed by atoms with Crippen LogP contribution in [0.5, 0.6) is 0 Å². The highest BCUT2D eigenvalue weighted by atomic mass is 32.2. The molecule has 1 fully saturated rings. The summed E-state index contributed by atoms with van der Waals surface area (Å²) in [6.07, 6.45) is 1.50. The van der Waals surface area contributed by atoms with Gasteiger partial charge in [-0.3, -0.25) is 0 Å². The van der Waals surface area contributed by atoms with Crippen LogP contribution in [0.2, 0.25) is 0 Å². The summed E-state index contributed by atoms with van der Waals surface area (Å²) in [6.45, 7) is 3.37. The molecule has 1 aliphatic heterocycles. The van der Waals surface area contributed by atoms with Crippen LogP contribution < -0.4 is 10.6 Å². The van der Waals surface area contributed by atoms with Gasteiger partial charge in [0.15, 0.2) is 0 Å². The molecule has 1 rings (SSSR count). The number of amides is 2. The largest absolute Gasteiger partial charge is 0.480 e. The fourth-order valence-electron chi connectivity index (χ4n) is 1.89. The Bertz CT molecular complexity index is 306. The molecular formula is C12H22N2O4S. The van der Waals surface area contributed by atoms with Crippen LogP contribution in [0.25, 0.3) is 0 Å². The fourth-order valence-corrected chi connectivity index (χ4v) is 2.53. The van der Waals surface area contributed by atoms with E-state index in [1.165, 1.54) is 0 Å². The quantitative estimate of drug-likeness (QED) is 0.610. The molecule has 3 N–H and O–H groups in total. The van der Waals surface area contributed by atoms with Crippen molar-refractivity contribution in [2.45, 2.75) is 31.7 Å². The minimum Gasteiger partial charge on any atom is -0.480 e. The number of carbonyl (C=O) groups is 2. The Labute approximate surface area is 117 Å². The smallest absolute Gasteiger partial charge is 0.329 e. The molecule has 19 heavy (non-hydrogen) atoms. The van der Waals surface area contributed by atoms with Crippen molar-refractivity contribution < 1.29 is 19.4 Å². The minimum atomic E-state index is -1.18. The van der Waals surface area contributed by atoms with Crippen molar-refractivity contribution >= 4 is 23.8 Å². The van der Waals surface area contributed by atoms with Gasteiger partial charge in [-0.1, -0.05) is 6.92 Å². The molecule has 0 radical (unpaired) electrons. The first-order chi connectivity index (χ1) is 9.10. The number of thioether (sulfide) groups is 1. The van der Waals surface area contributed by atoms with E-state index in [4.69, 9.17) is 4.74 Å². The SMILES string of the molecule is CCSCCCNC(=O)NC1(C(=O)O)CCOCC1. The van der Waals surface area contributed by atoms with E-state index in [9.17, 15) is 14.7 Å². The molecule has 7 heteroatoms. The van der Waals surface area contributed by atoms with Gasteiger partial charge in [0.05, 0.1) is 0 Å². The van der Waals surface area contributed by atoms with Gasteiger partial charge in [0.25, 0.3) is 0 Å². The van der Waals surface area contributed by atoms with Gasteiger partial charge in [-0.05, 0) is 17.9 Å². The molecule has 0 aromatic rings. The fraction of sp³-hybridized carbons (Fsp3) is 0.833. The molecule has 2 amide bonds. The highest BCUT2D eigenvalue weighted by molar-refractivity contribution is 7.99. The van der Waals surface area contributed by atoms with E-state index >= 15 is 0 Å². The second-order valence-corrected chi connectivity index (χ2v) is 5.82. The molecule has 0 unspecified atom stereocenters. The summed E-state index contributed by atoms with van der Waals surface area (Å²) in [5, 5.41) is 14.6. The number of hydrogen-bond acceptors (Lipinski definition) is 4. The molecular weight excluding hydrogens is 268 g/mol. The number of aliphatic carboxylic acids is 1. The lowest BCUT2D eigenvalue weighted by Gasteiger charge is -2.33. The number of ether oxygens (including phenoxy) is 1. The van der Waals surface area contributed by atoms with Gasteiger partial charge in [-0.2, -0.15) is 11.8 Å². The monoisotopic (exact) mass is 290 g/mol. The van der Waals surface area contributed by atoms with Gasteiger partial charge in [-0.25, -0.2) is 9.59 Å².